The summed E-state index contributed by atoms with van der Waals surface area (Å²) in [5.74, 6) is 1.57. The Morgan fingerprint density at radius 2 is 2.38 bits per heavy atom. The molecule has 0 saturated carbocycles. The molecule has 1 atom stereocenters. The second-order valence-corrected chi connectivity index (χ2v) is 4.76. The van der Waals surface area contributed by atoms with Gasteiger partial charge in [0.1, 0.15) is 36.5 Å². The number of aromatic nitrogens is 1. The lowest BCUT2D eigenvalue weighted by molar-refractivity contribution is 0.298. The van der Waals surface area contributed by atoms with Crippen molar-refractivity contribution in [2.24, 2.45) is 0 Å². The van der Waals surface area contributed by atoms with Crippen molar-refractivity contribution in [3.8, 4) is 17.6 Å². The van der Waals surface area contributed by atoms with Crippen LogP contribution in [-0.4, -0.2) is 18.6 Å². The Hall–Kier alpha value is -2.58. The van der Waals surface area contributed by atoms with E-state index in [1.807, 2.05) is 31.3 Å². The van der Waals surface area contributed by atoms with Crippen molar-refractivity contribution in [1.82, 2.24) is 10.3 Å². The minimum Gasteiger partial charge on any atom is -0.491 e. The van der Waals surface area contributed by atoms with Gasteiger partial charge in [0, 0.05) is 23.4 Å². The van der Waals surface area contributed by atoms with Crippen LogP contribution in [0.2, 0.25) is 0 Å². The van der Waals surface area contributed by atoms with Crippen molar-refractivity contribution >= 4 is 0 Å². The molecule has 1 aliphatic heterocycles. The van der Waals surface area contributed by atoms with Crippen LogP contribution in [0.25, 0.3) is 0 Å². The van der Waals surface area contributed by atoms with E-state index in [0.717, 1.165) is 22.6 Å². The molecule has 1 aliphatic rings. The molecule has 5 nitrogen and oxygen atoms in total. The van der Waals surface area contributed by atoms with Gasteiger partial charge in [0.15, 0.2) is 0 Å². The molecule has 0 amide bonds. The number of hydrogen-bond acceptors (Lipinski definition) is 5. The molecular weight excluding hydrogens is 266 g/mol. The zero-order valence-corrected chi connectivity index (χ0v) is 11.7. The predicted molar refractivity (Wildman–Crippen MR) is 77.0 cm³/mol. The first kappa shape index (κ1) is 13.4. The molecule has 2 heterocycles. The molecular formula is C16H15N3O2. The van der Waals surface area contributed by atoms with Crippen LogP contribution in [0.5, 0.6) is 11.5 Å². The van der Waals surface area contributed by atoms with E-state index in [1.54, 1.807) is 12.3 Å². The summed E-state index contributed by atoms with van der Waals surface area (Å²) in [6, 6.07) is 11.7. The Balaban J connectivity index is 1.74. The molecule has 0 aliphatic carbocycles. The summed E-state index contributed by atoms with van der Waals surface area (Å²) >= 11 is 0. The average molecular weight is 281 g/mol. The van der Waals surface area contributed by atoms with Crippen molar-refractivity contribution in [1.29, 1.82) is 5.26 Å². The van der Waals surface area contributed by atoms with Crippen LogP contribution in [0.3, 0.4) is 0 Å². The molecule has 2 aromatic rings. The van der Waals surface area contributed by atoms with E-state index < -0.39 is 0 Å². The van der Waals surface area contributed by atoms with E-state index in [1.165, 1.54) is 0 Å². The zero-order chi connectivity index (χ0) is 14.7. The molecule has 1 aromatic heterocycles. The molecule has 21 heavy (non-hydrogen) atoms. The summed E-state index contributed by atoms with van der Waals surface area (Å²) in [6.45, 7) is 0.946. The summed E-state index contributed by atoms with van der Waals surface area (Å²) < 4.78 is 11.4. The number of nitrogens with zero attached hydrogens (tertiary/aromatic N) is 2. The lowest BCUT2D eigenvalue weighted by Gasteiger charge is -2.09. The number of rotatable bonds is 4. The van der Waals surface area contributed by atoms with Gasteiger partial charge in [-0.1, -0.05) is 6.07 Å². The number of hydrogen-bond donors (Lipinski definition) is 1. The normalized spacial score (nSPS) is 15.9. The second kappa shape index (κ2) is 5.81. The van der Waals surface area contributed by atoms with Gasteiger partial charge in [0.25, 0.3) is 0 Å². The average Bonchev–Trinajstić information content (AvgIpc) is 2.95. The maximum Gasteiger partial charge on any atom is 0.147 e. The Morgan fingerprint density at radius 1 is 1.48 bits per heavy atom. The van der Waals surface area contributed by atoms with E-state index in [9.17, 15) is 0 Å². The van der Waals surface area contributed by atoms with Crippen LogP contribution < -0.4 is 14.8 Å². The van der Waals surface area contributed by atoms with E-state index in [-0.39, 0.29) is 6.04 Å². The summed E-state index contributed by atoms with van der Waals surface area (Å²) in [7, 11) is 1.92. The van der Waals surface area contributed by atoms with Crippen LogP contribution in [0.15, 0.2) is 36.5 Å². The van der Waals surface area contributed by atoms with Crippen molar-refractivity contribution in [3.05, 3.63) is 53.3 Å². The fourth-order valence-corrected chi connectivity index (χ4v) is 2.34. The number of fused-ring (bicyclic) bond motifs is 1. The largest absolute Gasteiger partial charge is 0.491 e. The van der Waals surface area contributed by atoms with Gasteiger partial charge in [0.2, 0.25) is 0 Å². The van der Waals surface area contributed by atoms with Gasteiger partial charge >= 0.3 is 0 Å². The highest BCUT2D eigenvalue weighted by Crippen LogP contribution is 2.35. The summed E-state index contributed by atoms with van der Waals surface area (Å²) in [6.07, 6.45) is 1.60. The molecule has 1 unspecified atom stereocenters. The van der Waals surface area contributed by atoms with Gasteiger partial charge in [-0.05, 0) is 25.2 Å². The summed E-state index contributed by atoms with van der Waals surface area (Å²) in [5, 5.41) is 12.2. The maximum absolute atomic E-state index is 9.00. The molecule has 0 saturated heterocycles. The molecule has 0 fully saturated rings. The van der Waals surface area contributed by atoms with Gasteiger partial charge in [0.05, 0.1) is 6.04 Å². The molecule has 106 valence electrons. The first-order valence-electron chi connectivity index (χ1n) is 6.72. The van der Waals surface area contributed by atoms with Crippen LogP contribution >= 0.6 is 0 Å². The molecule has 1 N–H and O–H groups in total. The van der Waals surface area contributed by atoms with Gasteiger partial charge < -0.3 is 14.8 Å². The summed E-state index contributed by atoms with van der Waals surface area (Å²) in [4.78, 5) is 4.01. The Kier molecular flexibility index (Phi) is 3.71. The first-order chi connectivity index (χ1) is 10.3. The minimum absolute atomic E-state index is 0.234. The molecule has 0 radical (unpaired) electrons. The van der Waals surface area contributed by atoms with Crippen LogP contribution in [0.4, 0.5) is 0 Å². The maximum atomic E-state index is 9.00. The number of ether oxygens (including phenoxy) is 2. The lowest BCUT2D eigenvalue weighted by atomic mass is 10.1. The molecule has 0 spiro atoms. The third-order valence-electron chi connectivity index (χ3n) is 3.51. The molecule has 1 aromatic carbocycles. The van der Waals surface area contributed by atoms with Crippen molar-refractivity contribution in [3.63, 3.8) is 0 Å². The minimum atomic E-state index is 0.234. The van der Waals surface area contributed by atoms with Crippen molar-refractivity contribution in [2.75, 3.05) is 13.7 Å². The smallest absolute Gasteiger partial charge is 0.147 e. The summed E-state index contributed by atoms with van der Waals surface area (Å²) in [5.41, 5.74) is 2.31. The van der Waals surface area contributed by atoms with E-state index >= 15 is 0 Å². The SMILES string of the molecule is CNC1COc2cc(OCc3cccnc3C#N)ccc21. The fourth-order valence-electron chi connectivity index (χ4n) is 2.34. The highest BCUT2D eigenvalue weighted by molar-refractivity contribution is 5.45. The molecule has 0 bridgehead atoms. The third-order valence-corrected chi connectivity index (χ3v) is 3.51. The van der Waals surface area contributed by atoms with Gasteiger partial charge in [-0.15, -0.1) is 0 Å². The van der Waals surface area contributed by atoms with Gasteiger partial charge in [-0.25, -0.2) is 4.98 Å². The monoisotopic (exact) mass is 281 g/mol. The number of likely N-dealkylation sites (N-methyl/N-ethyl adjacent to an activating group) is 1. The van der Waals surface area contributed by atoms with Gasteiger partial charge in [-0.2, -0.15) is 5.26 Å². The fraction of sp³-hybridized carbons (Fsp3) is 0.250. The third kappa shape index (κ3) is 2.67. The van der Waals surface area contributed by atoms with Crippen molar-refractivity contribution in [2.45, 2.75) is 12.6 Å². The predicted octanol–water partition coefficient (Wildman–Crippen LogP) is 2.19. The number of nitriles is 1. The lowest BCUT2D eigenvalue weighted by Crippen LogP contribution is -2.17. The van der Waals surface area contributed by atoms with Crippen LogP contribution in [0, 0.1) is 11.3 Å². The highest BCUT2D eigenvalue weighted by atomic mass is 16.5. The van der Waals surface area contributed by atoms with E-state index in [4.69, 9.17) is 14.7 Å². The van der Waals surface area contributed by atoms with Gasteiger partial charge in [-0.3, -0.25) is 0 Å². The Labute approximate surface area is 123 Å². The topological polar surface area (TPSA) is 67.2 Å². The standard InChI is InChI=1S/C16H15N3O2/c1-18-15-10-21-16-7-12(4-5-13(15)16)20-9-11-3-2-6-19-14(11)8-17/h2-7,15,18H,9-10H2,1H3. The highest BCUT2D eigenvalue weighted by Gasteiger charge is 2.22. The van der Waals surface area contributed by atoms with Crippen molar-refractivity contribution < 1.29 is 9.47 Å². The quantitative estimate of drug-likeness (QED) is 0.930. The molecule has 5 heteroatoms. The van der Waals surface area contributed by atoms with Crippen LogP contribution in [-0.2, 0) is 6.61 Å². The van der Waals surface area contributed by atoms with E-state index in [2.05, 4.69) is 16.4 Å². The van der Waals surface area contributed by atoms with E-state index in [0.29, 0.717) is 18.9 Å². The first-order valence-corrected chi connectivity index (χ1v) is 6.72. The number of pyridine rings is 1. The zero-order valence-electron chi connectivity index (χ0n) is 11.7. The Morgan fingerprint density at radius 3 is 3.19 bits per heavy atom. The number of benzene rings is 1. The second-order valence-electron chi connectivity index (χ2n) is 4.76. The van der Waals surface area contributed by atoms with Crippen LogP contribution in [0.1, 0.15) is 22.9 Å². The number of nitrogens with one attached hydrogen (secondary N) is 1. The molecule has 3 rings (SSSR count). The Bertz CT molecular complexity index is 694.